The Bertz CT molecular complexity index is 742. The molecule has 0 spiro atoms. The van der Waals surface area contributed by atoms with Crippen LogP contribution >= 0.6 is 0 Å². The van der Waals surface area contributed by atoms with Gasteiger partial charge in [-0.25, -0.2) is 0 Å². The van der Waals surface area contributed by atoms with Gasteiger partial charge < -0.3 is 15.2 Å². The third-order valence-electron chi connectivity index (χ3n) is 6.34. The molecule has 1 fully saturated rings. The van der Waals surface area contributed by atoms with Crippen LogP contribution in [0.5, 0.6) is 5.75 Å². The van der Waals surface area contributed by atoms with Gasteiger partial charge in [0.1, 0.15) is 12.3 Å². The van der Waals surface area contributed by atoms with Crippen LogP contribution in [-0.4, -0.2) is 23.9 Å². The van der Waals surface area contributed by atoms with Gasteiger partial charge >= 0.3 is 0 Å². The molecular formula is C24H34NO2+. The van der Waals surface area contributed by atoms with Crippen LogP contribution in [0, 0.1) is 6.92 Å². The topological polar surface area (TPSA) is 46.1 Å². The minimum Gasteiger partial charge on any atom is -0.507 e. The van der Waals surface area contributed by atoms with Crippen molar-refractivity contribution in [3.63, 3.8) is 0 Å². The van der Waals surface area contributed by atoms with E-state index in [1.165, 1.54) is 11.1 Å². The Hall–Kier alpha value is -1.84. The molecular weight excluding hydrogens is 334 g/mol. The second-order valence-electron chi connectivity index (χ2n) is 8.39. The molecule has 1 aliphatic rings. The van der Waals surface area contributed by atoms with Crippen molar-refractivity contribution in [2.45, 2.75) is 64.0 Å². The molecule has 0 amide bonds. The molecule has 0 aromatic heterocycles. The van der Waals surface area contributed by atoms with E-state index in [4.69, 9.17) is 4.74 Å². The number of ether oxygens (including phenoxy) is 1. The van der Waals surface area contributed by atoms with E-state index in [-0.39, 0.29) is 11.0 Å². The monoisotopic (exact) mass is 368 g/mol. The Morgan fingerprint density at radius 2 is 1.85 bits per heavy atom. The first-order valence-electron chi connectivity index (χ1n) is 10.3. The summed E-state index contributed by atoms with van der Waals surface area (Å²) in [6.07, 6.45) is 4.32. The number of aryl methyl sites for hydroxylation is 1. The third kappa shape index (κ3) is 4.72. The largest absolute Gasteiger partial charge is 0.507 e. The lowest BCUT2D eigenvalue weighted by Crippen LogP contribution is -2.83. The van der Waals surface area contributed by atoms with Gasteiger partial charge in [-0.15, -0.1) is 0 Å². The highest BCUT2D eigenvalue weighted by molar-refractivity contribution is 5.31. The summed E-state index contributed by atoms with van der Waals surface area (Å²) in [6, 6.07) is 16.7. The number of hydrogen-bond acceptors (Lipinski definition) is 2. The van der Waals surface area contributed by atoms with Crippen LogP contribution in [0.2, 0.25) is 0 Å². The molecule has 2 aromatic rings. The molecule has 0 bridgehead atoms. The van der Waals surface area contributed by atoms with E-state index in [0.29, 0.717) is 5.75 Å². The van der Waals surface area contributed by atoms with Crippen molar-refractivity contribution < 1.29 is 15.2 Å². The van der Waals surface area contributed by atoms with Gasteiger partial charge in [0, 0.05) is 24.0 Å². The average molecular weight is 369 g/mol. The number of phenols is 1. The summed E-state index contributed by atoms with van der Waals surface area (Å²) in [5.74, 6) is 0.395. The minimum absolute atomic E-state index is 0.0408. The smallest absolute Gasteiger partial charge is 0.124 e. The first-order valence-corrected chi connectivity index (χ1v) is 10.3. The molecule has 1 saturated heterocycles. The lowest BCUT2D eigenvalue weighted by Gasteiger charge is -2.46. The Balaban J connectivity index is 1.72. The predicted octanol–water partition coefficient (Wildman–Crippen LogP) is 4.07. The molecule has 3 heteroatoms. The van der Waals surface area contributed by atoms with Crippen molar-refractivity contribution in [3.8, 4) is 5.75 Å². The van der Waals surface area contributed by atoms with Crippen molar-refractivity contribution in [1.29, 1.82) is 0 Å². The van der Waals surface area contributed by atoms with E-state index < -0.39 is 0 Å². The van der Waals surface area contributed by atoms with Crippen molar-refractivity contribution in [2.75, 3.05) is 13.2 Å². The zero-order chi connectivity index (χ0) is 19.3. The van der Waals surface area contributed by atoms with Gasteiger partial charge in [-0.2, -0.15) is 0 Å². The summed E-state index contributed by atoms with van der Waals surface area (Å²) < 4.78 is 6.16. The second-order valence-corrected chi connectivity index (χ2v) is 8.39. The molecule has 3 nitrogen and oxygen atoms in total. The number of hydrogen-bond donors (Lipinski definition) is 2. The number of quaternary nitrogens is 1. The van der Waals surface area contributed by atoms with Gasteiger partial charge in [0.05, 0.1) is 12.1 Å². The van der Waals surface area contributed by atoms with Crippen LogP contribution in [0.4, 0.5) is 0 Å². The fraction of sp³-hybridized carbons (Fsp3) is 0.500. The fourth-order valence-corrected chi connectivity index (χ4v) is 4.41. The lowest BCUT2D eigenvalue weighted by molar-refractivity contribution is -0.672. The van der Waals surface area contributed by atoms with Crippen LogP contribution < -0.4 is 5.32 Å². The Morgan fingerprint density at radius 1 is 1.11 bits per heavy atom. The van der Waals surface area contributed by atoms with Crippen LogP contribution in [0.15, 0.2) is 48.5 Å². The van der Waals surface area contributed by atoms with E-state index in [1.54, 1.807) is 6.07 Å². The first-order chi connectivity index (χ1) is 13.0. The molecule has 3 N–H and O–H groups in total. The molecule has 0 radical (unpaired) electrons. The number of para-hydroxylation sites is 1. The van der Waals surface area contributed by atoms with Gasteiger partial charge in [-0.3, -0.25) is 0 Å². The van der Waals surface area contributed by atoms with Gasteiger partial charge in [-0.05, 0) is 50.8 Å². The normalized spacial score (nSPS) is 25.4. The molecule has 1 aliphatic heterocycles. The zero-order valence-electron chi connectivity index (χ0n) is 17.0. The molecule has 2 aromatic carbocycles. The number of phenolic OH excluding ortho intramolecular Hbond substituents is 1. The van der Waals surface area contributed by atoms with E-state index in [0.717, 1.165) is 50.9 Å². The van der Waals surface area contributed by atoms with Crippen LogP contribution in [0.25, 0.3) is 0 Å². The minimum atomic E-state index is -0.0408. The van der Waals surface area contributed by atoms with Crippen LogP contribution in [0.1, 0.15) is 56.2 Å². The number of rotatable bonds is 7. The zero-order valence-corrected chi connectivity index (χ0v) is 17.0. The standard InChI is InChI=1S/C24H33NO2/c1-4-23(3)18-24(14-16-27-23,21-11-9-19(2)10-12-21)13-15-25-17-20-7-5-6-8-22(20)26/h5-12,25-26H,4,13-18H2,1-3H3/p+1/t23-,24-/m1/s1. The molecule has 0 unspecified atom stereocenters. The maximum Gasteiger partial charge on any atom is 0.124 e. The van der Waals surface area contributed by atoms with E-state index in [1.807, 2.05) is 18.2 Å². The maximum absolute atomic E-state index is 9.98. The molecule has 146 valence electrons. The molecule has 3 rings (SSSR count). The van der Waals surface area contributed by atoms with Gasteiger partial charge in [0.15, 0.2) is 0 Å². The SMILES string of the molecule is CC[C@]1(C)C[C@](CC[NH2+]Cc2ccccc2O)(c2ccc(C)cc2)CCO1. The summed E-state index contributed by atoms with van der Waals surface area (Å²) in [4.78, 5) is 0. The van der Waals surface area contributed by atoms with Crippen molar-refractivity contribution in [1.82, 2.24) is 0 Å². The highest BCUT2D eigenvalue weighted by Crippen LogP contribution is 2.45. The van der Waals surface area contributed by atoms with Crippen LogP contribution in [0.3, 0.4) is 0 Å². The maximum atomic E-state index is 9.98. The van der Waals surface area contributed by atoms with Gasteiger partial charge in [-0.1, -0.05) is 48.9 Å². The summed E-state index contributed by atoms with van der Waals surface area (Å²) in [6.45, 7) is 9.34. The Kier molecular flexibility index (Phi) is 6.23. The molecule has 0 saturated carbocycles. The Labute approximate surface area is 163 Å². The average Bonchev–Trinajstić information content (AvgIpc) is 2.67. The van der Waals surface area contributed by atoms with Crippen molar-refractivity contribution in [3.05, 3.63) is 65.2 Å². The van der Waals surface area contributed by atoms with Gasteiger partial charge in [0.25, 0.3) is 0 Å². The lowest BCUT2D eigenvalue weighted by atomic mass is 9.66. The first kappa shape index (κ1) is 19.9. The fourth-order valence-electron chi connectivity index (χ4n) is 4.41. The summed E-state index contributed by atoms with van der Waals surface area (Å²) >= 11 is 0. The second kappa shape index (κ2) is 8.45. The summed E-state index contributed by atoms with van der Waals surface area (Å²) in [5.41, 5.74) is 3.90. The number of aromatic hydroxyl groups is 1. The third-order valence-corrected chi connectivity index (χ3v) is 6.34. The van der Waals surface area contributed by atoms with E-state index >= 15 is 0 Å². The van der Waals surface area contributed by atoms with Gasteiger partial charge in [0.2, 0.25) is 0 Å². The summed E-state index contributed by atoms with van der Waals surface area (Å²) in [7, 11) is 0. The number of benzene rings is 2. The number of nitrogens with two attached hydrogens (primary N) is 1. The van der Waals surface area contributed by atoms with Crippen molar-refractivity contribution >= 4 is 0 Å². The highest BCUT2D eigenvalue weighted by atomic mass is 16.5. The van der Waals surface area contributed by atoms with Crippen molar-refractivity contribution in [2.24, 2.45) is 0 Å². The molecule has 0 aliphatic carbocycles. The predicted molar refractivity (Wildman–Crippen MR) is 110 cm³/mol. The van der Waals surface area contributed by atoms with Crippen LogP contribution in [-0.2, 0) is 16.7 Å². The quantitative estimate of drug-likeness (QED) is 0.724. The van der Waals surface area contributed by atoms with E-state index in [9.17, 15) is 5.11 Å². The molecule has 1 heterocycles. The highest BCUT2D eigenvalue weighted by Gasteiger charge is 2.43. The Morgan fingerprint density at radius 3 is 2.56 bits per heavy atom. The molecule has 27 heavy (non-hydrogen) atoms. The molecule has 2 atom stereocenters. The van der Waals surface area contributed by atoms with E-state index in [2.05, 4.69) is 50.4 Å². The summed E-state index contributed by atoms with van der Waals surface area (Å²) in [5, 5.41) is 12.3.